The average molecular weight is 236 g/mol. The summed E-state index contributed by atoms with van der Waals surface area (Å²) in [7, 11) is 1.51. The van der Waals surface area contributed by atoms with Crippen molar-refractivity contribution in [3.8, 4) is 0 Å². The fourth-order valence-electron chi connectivity index (χ4n) is 1.22. The number of rotatable bonds is 0. The molecule has 0 aromatic carbocycles. The van der Waals surface area contributed by atoms with Crippen LogP contribution >= 0.6 is 11.6 Å². The molecule has 3 nitrogen and oxygen atoms in total. The van der Waals surface area contributed by atoms with Gasteiger partial charge in [0.25, 0.3) is 0 Å². The first kappa shape index (κ1) is 10.2. The van der Waals surface area contributed by atoms with Crippen LogP contribution in [0.1, 0.15) is 5.69 Å². The Kier molecular flexibility index (Phi) is 2.11. The largest absolute Gasteiger partial charge is 0.433 e. The molecule has 0 saturated heterocycles. The van der Waals surface area contributed by atoms with E-state index in [0.29, 0.717) is 5.39 Å². The van der Waals surface area contributed by atoms with Gasteiger partial charge in [-0.2, -0.15) is 18.3 Å². The van der Waals surface area contributed by atoms with Gasteiger partial charge in [0.2, 0.25) is 0 Å². The topological polar surface area (TPSA) is 30.7 Å². The first-order chi connectivity index (χ1) is 6.89. The zero-order valence-electron chi connectivity index (χ0n) is 7.51. The molecule has 0 saturated carbocycles. The summed E-state index contributed by atoms with van der Waals surface area (Å²) < 4.78 is 38.4. The van der Waals surface area contributed by atoms with Crippen LogP contribution in [0.25, 0.3) is 11.0 Å². The molecule has 0 N–H and O–H groups in total. The van der Waals surface area contributed by atoms with Crippen LogP contribution in [0, 0.1) is 0 Å². The van der Waals surface area contributed by atoms with E-state index >= 15 is 0 Å². The van der Waals surface area contributed by atoms with Gasteiger partial charge in [0.15, 0.2) is 5.65 Å². The van der Waals surface area contributed by atoms with Gasteiger partial charge in [-0.05, 0) is 6.07 Å². The van der Waals surface area contributed by atoms with Crippen molar-refractivity contribution in [2.75, 3.05) is 0 Å². The minimum atomic E-state index is -4.50. The molecule has 7 heteroatoms. The van der Waals surface area contributed by atoms with Crippen LogP contribution in [0.3, 0.4) is 0 Å². The van der Waals surface area contributed by atoms with E-state index in [1.165, 1.54) is 17.9 Å². The van der Waals surface area contributed by atoms with Crippen LogP contribution in [0.15, 0.2) is 12.3 Å². The van der Waals surface area contributed by atoms with Crippen molar-refractivity contribution >= 4 is 22.6 Å². The predicted molar refractivity (Wildman–Crippen MR) is 48.5 cm³/mol. The average Bonchev–Trinajstić information content (AvgIpc) is 2.47. The monoisotopic (exact) mass is 235 g/mol. The second-order valence-corrected chi connectivity index (χ2v) is 3.40. The number of aryl methyl sites for hydroxylation is 1. The molecular formula is C8H5ClF3N3. The highest BCUT2D eigenvalue weighted by Gasteiger charge is 2.33. The minimum absolute atomic E-state index is 0.000394. The molecule has 0 aliphatic heterocycles. The lowest BCUT2D eigenvalue weighted by Crippen LogP contribution is -2.08. The summed E-state index contributed by atoms with van der Waals surface area (Å²) in [5, 5.41) is 4.19. The van der Waals surface area contributed by atoms with Crippen LogP contribution in [0.2, 0.25) is 5.02 Å². The molecular weight excluding hydrogens is 231 g/mol. The molecule has 2 rings (SSSR count). The quantitative estimate of drug-likeness (QED) is 0.703. The van der Waals surface area contributed by atoms with E-state index in [-0.39, 0.29) is 10.7 Å². The summed E-state index contributed by atoms with van der Waals surface area (Å²) in [5.74, 6) is 0. The van der Waals surface area contributed by atoms with Crippen LogP contribution in [0.4, 0.5) is 13.2 Å². The van der Waals surface area contributed by atoms with Gasteiger partial charge in [0.05, 0.1) is 16.6 Å². The zero-order chi connectivity index (χ0) is 11.2. The lowest BCUT2D eigenvalue weighted by Gasteiger charge is -2.06. The third-order valence-corrected chi connectivity index (χ3v) is 2.26. The first-order valence-electron chi connectivity index (χ1n) is 3.95. The molecule has 80 valence electrons. The SMILES string of the molecule is Cn1ncc2c(Cl)cc(C(F)(F)F)nc21. The molecule has 0 radical (unpaired) electrons. The number of halogens is 4. The van der Waals surface area contributed by atoms with E-state index in [0.717, 1.165) is 6.07 Å². The molecule has 0 aliphatic rings. The predicted octanol–water partition coefficient (Wildman–Crippen LogP) is 2.64. The fourth-order valence-corrected chi connectivity index (χ4v) is 1.46. The van der Waals surface area contributed by atoms with Crippen LogP contribution < -0.4 is 0 Å². The van der Waals surface area contributed by atoms with Crippen LogP contribution in [-0.2, 0) is 13.2 Å². The molecule has 0 atom stereocenters. The van der Waals surface area contributed by atoms with E-state index in [1.54, 1.807) is 0 Å². The Balaban J connectivity index is 2.76. The molecule has 0 amide bonds. The molecule has 0 fully saturated rings. The Hall–Kier alpha value is -1.30. The van der Waals surface area contributed by atoms with Gasteiger partial charge >= 0.3 is 6.18 Å². The Morgan fingerprint density at radius 2 is 2.07 bits per heavy atom. The second kappa shape index (κ2) is 3.10. The maximum Gasteiger partial charge on any atom is 0.433 e. The third-order valence-electron chi connectivity index (χ3n) is 1.95. The zero-order valence-corrected chi connectivity index (χ0v) is 8.26. The highest BCUT2D eigenvalue weighted by molar-refractivity contribution is 6.35. The van der Waals surface area contributed by atoms with Gasteiger partial charge in [-0.25, -0.2) is 4.98 Å². The molecule has 0 spiro atoms. The van der Waals surface area contributed by atoms with Crippen molar-refractivity contribution < 1.29 is 13.2 Å². The Labute approximate surface area is 87.5 Å². The van der Waals surface area contributed by atoms with Gasteiger partial charge in [-0.15, -0.1) is 0 Å². The number of hydrogen-bond donors (Lipinski definition) is 0. The van der Waals surface area contributed by atoms with Crippen molar-refractivity contribution in [2.45, 2.75) is 6.18 Å². The van der Waals surface area contributed by atoms with E-state index in [4.69, 9.17) is 11.6 Å². The number of alkyl halides is 3. The molecule has 2 aromatic rings. The molecule has 0 unspecified atom stereocenters. The normalized spacial score (nSPS) is 12.3. The van der Waals surface area contributed by atoms with Crippen LogP contribution in [-0.4, -0.2) is 14.8 Å². The standard InChI is InChI=1S/C8H5ClF3N3/c1-15-7-4(3-13-15)5(9)2-6(14-7)8(10,11)12/h2-3H,1H3. The van der Waals surface area contributed by atoms with Crippen molar-refractivity contribution in [1.29, 1.82) is 0 Å². The molecule has 2 aromatic heterocycles. The summed E-state index contributed by atoms with van der Waals surface area (Å²) in [4.78, 5) is 3.46. The second-order valence-electron chi connectivity index (χ2n) is 2.99. The summed E-state index contributed by atoms with van der Waals surface area (Å²) >= 11 is 5.69. The molecule has 15 heavy (non-hydrogen) atoms. The van der Waals surface area contributed by atoms with Crippen molar-refractivity contribution in [3.63, 3.8) is 0 Å². The number of aromatic nitrogens is 3. The van der Waals surface area contributed by atoms with E-state index < -0.39 is 11.9 Å². The maximum atomic E-state index is 12.4. The van der Waals surface area contributed by atoms with E-state index in [9.17, 15) is 13.2 Å². The lowest BCUT2D eigenvalue weighted by molar-refractivity contribution is -0.141. The van der Waals surface area contributed by atoms with Crippen molar-refractivity contribution in [2.24, 2.45) is 7.05 Å². The highest BCUT2D eigenvalue weighted by atomic mass is 35.5. The summed E-state index contributed by atoms with van der Waals surface area (Å²) in [6.45, 7) is 0. The third kappa shape index (κ3) is 1.65. The van der Waals surface area contributed by atoms with Gasteiger partial charge < -0.3 is 0 Å². The van der Waals surface area contributed by atoms with Crippen molar-refractivity contribution in [3.05, 3.63) is 23.0 Å². The summed E-state index contributed by atoms with van der Waals surface area (Å²) in [6, 6.07) is 0.797. The number of hydrogen-bond acceptors (Lipinski definition) is 2. The first-order valence-corrected chi connectivity index (χ1v) is 4.33. The number of pyridine rings is 1. The van der Waals surface area contributed by atoms with Gasteiger partial charge in [-0.3, -0.25) is 4.68 Å². The Morgan fingerprint density at radius 3 is 2.67 bits per heavy atom. The molecule has 0 bridgehead atoms. The number of nitrogens with zero attached hydrogens (tertiary/aromatic N) is 3. The summed E-state index contributed by atoms with van der Waals surface area (Å²) in [6.07, 6.45) is -3.12. The van der Waals surface area contributed by atoms with Gasteiger partial charge in [0.1, 0.15) is 5.69 Å². The Morgan fingerprint density at radius 1 is 1.40 bits per heavy atom. The van der Waals surface area contributed by atoms with Gasteiger partial charge in [0, 0.05) is 7.05 Å². The maximum absolute atomic E-state index is 12.4. The molecule has 2 heterocycles. The van der Waals surface area contributed by atoms with E-state index in [2.05, 4.69) is 10.1 Å². The van der Waals surface area contributed by atoms with E-state index in [1.807, 2.05) is 0 Å². The minimum Gasteiger partial charge on any atom is -0.250 e. The summed E-state index contributed by atoms with van der Waals surface area (Å²) in [5.41, 5.74) is -0.890. The Bertz CT molecular complexity index is 518. The van der Waals surface area contributed by atoms with Crippen LogP contribution in [0.5, 0.6) is 0 Å². The molecule has 0 aliphatic carbocycles. The van der Waals surface area contributed by atoms with Gasteiger partial charge in [-0.1, -0.05) is 11.6 Å². The highest BCUT2D eigenvalue weighted by Crippen LogP contribution is 2.32. The lowest BCUT2D eigenvalue weighted by atomic mass is 10.3. The smallest absolute Gasteiger partial charge is 0.250 e. The van der Waals surface area contributed by atoms with Crippen molar-refractivity contribution in [1.82, 2.24) is 14.8 Å². The fraction of sp³-hybridized carbons (Fsp3) is 0.250. The number of fused-ring (bicyclic) bond motifs is 1.